The van der Waals surface area contributed by atoms with E-state index in [4.69, 9.17) is 27.9 Å². The van der Waals surface area contributed by atoms with Gasteiger partial charge < -0.3 is 15.4 Å². The van der Waals surface area contributed by atoms with Crippen molar-refractivity contribution in [2.24, 2.45) is 0 Å². The Morgan fingerprint density at radius 3 is 1.94 bits per heavy atom. The molecular weight excluding hydrogens is 447 g/mol. The second kappa shape index (κ2) is 10.5. The smallest absolute Gasteiger partial charge is 0.331 e. The van der Waals surface area contributed by atoms with Crippen LogP contribution in [0.2, 0.25) is 10.0 Å². The Labute approximate surface area is 197 Å². The molecule has 0 aliphatic heterocycles. The number of rotatable bonds is 9. The van der Waals surface area contributed by atoms with Gasteiger partial charge in [0.25, 0.3) is 0 Å². The first-order valence-corrected chi connectivity index (χ1v) is 10.9. The maximum Gasteiger partial charge on any atom is 0.331 e. The molecule has 32 heavy (non-hydrogen) atoms. The van der Waals surface area contributed by atoms with Crippen molar-refractivity contribution >= 4 is 46.3 Å². The highest BCUT2D eigenvalue weighted by Crippen LogP contribution is 2.28. The fourth-order valence-corrected chi connectivity index (χ4v) is 3.61. The summed E-state index contributed by atoms with van der Waals surface area (Å²) in [5.41, 5.74) is 0.315. The summed E-state index contributed by atoms with van der Waals surface area (Å²) < 4.78 is 5.35. The summed E-state index contributed by atoms with van der Waals surface area (Å²) >= 11 is 12.0. The van der Waals surface area contributed by atoms with E-state index < -0.39 is 17.6 Å². The number of nitrogens with one attached hydrogen (secondary N) is 2. The van der Waals surface area contributed by atoms with E-state index in [1.54, 1.807) is 86.6 Å². The molecular formula is C25H24Cl2N2O3. The van der Waals surface area contributed by atoms with Crippen LogP contribution in [-0.4, -0.2) is 29.9 Å². The van der Waals surface area contributed by atoms with Crippen LogP contribution in [0.1, 0.15) is 24.2 Å². The van der Waals surface area contributed by atoms with Gasteiger partial charge in [0.2, 0.25) is 0 Å². The molecule has 0 aromatic heterocycles. The normalized spacial score (nSPS) is 13.5. The first-order chi connectivity index (χ1) is 15.3. The summed E-state index contributed by atoms with van der Waals surface area (Å²) in [5.74, 6) is -0.830. The number of hydrogen-bond acceptors (Lipinski definition) is 5. The minimum atomic E-state index is -1.40. The molecule has 2 N–H and O–H groups in total. The highest BCUT2D eigenvalue weighted by molar-refractivity contribution is 6.31. The molecule has 0 aliphatic carbocycles. The van der Waals surface area contributed by atoms with Gasteiger partial charge in [-0.25, -0.2) is 4.79 Å². The molecule has 0 spiro atoms. The SMILES string of the molecule is CCOC(=O)[C@H](Nc1ccc(Cl)cc1)[C@@](C)(Nc1ccc(Cl)cc1)C(=O)c1ccccc1. The van der Waals surface area contributed by atoms with Crippen LogP contribution in [0.3, 0.4) is 0 Å². The molecule has 0 unspecified atom stereocenters. The molecule has 0 heterocycles. The fraction of sp³-hybridized carbons (Fsp3) is 0.200. The van der Waals surface area contributed by atoms with E-state index in [0.717, 1.165) is 0 Å². The second-order valence-electron chi connectivity index (χ2n) is 7.37. The van der Waals surface area contributed by atoms with Gasteiger partial charge in [-0.15, -0.1) is 0 Å². The van der Waals surface area contributed by atoms with Crippen LogP contribution >= 0.6 is 23.2 Å². The third kappa shape index (κ3) is 5.61. The highest BCUT2D eigenvalue weighted by Gasteiger charge is 2.47. The summed E-state index contributed by atoms with van der Waals surface area (Å²) in [5, 5.41) is 7.55. The first-order valence-electron chi connectivity index (χ1n) is 10.2. The zero-order chi connectivity index (χ0) is 23.1. The van der Waals surface area contributed by atoms with E-state index in [0.29, 0.717) is 27.0 Å². The summed E-state index contributed by atoms with van der Waals surface area (Å²) in [6.07, 6.45) is 0. The minimum Gasteiger partial charge on any atom is -0.464 e. The van der Waals surface area contributed by atoms with Crippen molar-refractivity contribution in [1.29, 1.82) is 0 Å². The Hall–Kier alpha value is -3.02. The van der Waals surface area contributed by atoms with Crippen molar-refractivity contribution < 1.29 is 14.3 Å². The third-order valence-electron chi connectivity index (χ3n) is 5.01. The molecule has 0 saturated heterocycles. The Balaban J connectivity index is 2.08. The number of benzene rings is 3. The molecule has 3 aromatic carbocycles. The monoisotopic (exact) mass is 470 g/mol. The second-order valence-corrected chi connectivity index (χ2v) is 8.24. The lowest BCUT2D eigenvalue weighted by Gasteiger charge is -2.37. The van der Waals surface area contributed by atoms with Crippen molar-refractivity contribution in [3.63, 3.8) is 0 Å². The molecule has 0 fully saturated rings. The van der Waals surface area contributed by atoms with Gasteiger partial charge in [0.05, 0.1) is 6.61 Å². The van der Waals surface area contributed by atoms with Crippen LogP contribution in [0.4, 0.5) is 11.4 Å². The van der Waals surface area contributed by atoms with Crippen molar-refractivity contribution in [3.05, 3.63) is 94.5 Å². The molecule has 0 saturated carbocycles. The van der Waals surface area contributed by atoms with Crippen LogP contribution in [-0.2, 0) is 9.53 Å². The van der Waals surface area contributed by atoms with Crippen LogP contribution in [0.5, 0.6) is 0 Å². The summed E-state index contributed by atoms with van der Waals surface area (Å²) in [7, 11) is 0. The number of ketones is 1. The number of carbonyl (C=O) groups excluding carboxylic acids is 2. The fourth-order valence-electron chi connectivity index (χ4n) is 3.36. The van der Waals surface area contributed by atoms with E-state index in [9.17, 15) is 9.59 Å². The van der Waals surface area contributed by atoms with Crippen molar-refractivity contribution in [1.82, 2.24) is 0 Å². The Morgan fingerprint density at radius 2 is 1.41 bits per heavy atom. The van der Waals surface area contributed by atoms with Gasteiger partial charge >= 0.3 is 5.97 Å². The summed E-state index contributed by atoms with van der Waals surface area (Å²) in [4.78, 5) is 26.9. The standard InChI is InChI=1S/C25H24Cl2N2O3/c1-3-32-24(31)22(28-20-13-9-18(26)10-14-20)25(2,23(30)17-7-5-4-6-8-17)29-21-15-11-19(27)12-16-21/h4-16,22,28-29H,3H2,1-2H3/t22-,25+/m0/s1. The summed E-state index contributed by atoms with van der Waals surface area (Å²) in [6, 6.07) is 21.6. The Bertz CT molecular complexity index is 1060. The van der Waals surface area contributed by atoms with E-state index in [1.807, 2.05) is 6.07 Å². The molecule has 7 heteroatoms. The van der Waals surface area contributed by atoms with Gasteiger partial charge in [-0.1, -0.05) is 53.5 Å². The van der Waals surface area contributed by atoms with Crippen LogP contribution in [0.15, 0.2) is 78.9 Å². The predicted octanol–water partition coefficient (Wildman–Crippen LogP) is 6.09. The van der Waals surface area contributed by atoms with Crippen LogP contribution in [0.25, 0.3) is 0 Å². The molecule has 3 aromatic rings. The Morgan fingerprint density at radius 1 is 0.875 bits per heavy atom. The molecule has 0 aliphatic rings. The minimum absolute atomic E-state index is 0.175. The van der Waals surface area contributed by atoms with Gasteiger partial charge in [-0.05, 0) is 62.4 Å². The van der Waals surface area contributed by atoms with Gasteiger partial charge in [0.15, 0.2) is 11.8 Å². The number of halogens is 2. The van der Waals surface area contributed by atoms with E-state index >= 15 is 0 Å². The molecule has 2 atom stereocenters. The van der Waals surface area contributed by atoms with Gasteiger partial charge in [-0.2, -0.15) is 0 Å². The number of hydrogen-bond donors (Lipinski definition) is 2. The predicted molar refractivity (Wildman–Crippen MR) is 130 cm³/mol. The van der Waals surface area contributed by atoms with E-state index in [1.165, 1.54) is 0 Å². The molecule has 0 bridgehead atoms. The van der Waals surface area contributed by atoms with Crippen LogP contribution in [0, 0.1) is 0 Å². The molecule has 166 valence electrons. The highest BCUT2D eigenvalue weighted by atomic mass is 35.5. The Kier molecular flexibility index (Phi) is 7.78. The van der Waals surface area contributed by atoms with Gasteiger partial charge in [0, 0.05) is 27.0 Å². The zero-order valence-electron chi connectivity index (χ0n) is 17.8. The third-order valence-corrected chi connectivity index (χ3v) is 5.51. The molecule has 0 radical (unpaired) electrons. The number of carbonyl (C=O) groups is 2. The number of Topliss-reactive ketones (excluding diaryl/α,β-unsaturated/α-hetero) is 1. The van der Waals surface area contributed by atoms with Crippen molar-refractivity contribution in [2.45, 2.75) is 25.4 Å². The maximum absolute atomic E-state index is 13.8. The van der Waals surface area contributed by atoms with E-state index in [2.05, 4.69) is 10.6 Å². The average Bonchev–Trinajstić information content (AvgIpc) is 2.80. The number of ether oxygens (including phenoxy) is 1. The van der Waals surface area contributed by atoms with Crippen molar-refractivity contribution in [3.8, 4) is 0 Å². The topological polar surface area (TPSA) is 67.4 Å². The lowest BCUT2D eigenvalue weighted by molar-refractivity contribution is -0.144. The first kappa shape index (κ1) is 23.6. The van der Waals surface area contributed by atoms with Crippen LogP contribution < -0.4 is 10.6 Å². The lowest BCUT2D eigenvalue weighted by Crippen LogP contribution is -2.60. The lowest BCUT2D eigenvalue weighted by atomic mass is 9.83. The molecule has 0 amide bonds. The summed E-state index contributed by atoms with van der Waals surface area (Å²) in [6.45, 7) is 3.58. The maximum atomic E-state index is 13.8. The largest absolute Gasteiger partial charge is 0.464 e. The quantitative estimate of drug-likeness (QED) is 0.292. The number of anilines is 2. The number of esters is 1. The van der Waals surface area contributed by atoms with Gasteiger partial charge in [-0.3, -0.25) is 4.79 Å². The average molecular weight is 471 g/mol. The van der Waals surface area contributed by atoms with Gasteiger partial charge in [0.1, 0.15) is 5.54 Å². The zero-order valence-corrected chi connectivity index (χ0v) is 19.3. The van der Waals surface area contributed by atoms with E-state index in [-0.39, 0.29) is 12.4 Å². The molecule has 5 nitrogen and oxygen atoms in total. The van der Waals surface area contributed by atoms with Crippen molar-refractivity contribution in [2.75, 3.05) is 17.2 Å². The molecule has 3 rings (SSSR count).